The van der Waals surface area contributed by atoms with E-state index in [4.69, 9.17) is 0 Å². The summed E-state index contributed by atoms with van der Waals surface area (Å²) >= 11 is 0. The Morgan fingerprint density at radius 1 is 0.857 bits per heavy atom. The van der Waals surface area contributed by atoms with Crippen molar-refractivity contribution in [2.45, 2.75) is 57.0 Å². The number of carbonyl (C=O) groups excluding carboxylic acids is 1. The summed E-state index contributed by atoms with van der Waals surface area (Å²) in [4.78, 5) is 20.1. The Hall–Kier alpha value is -1.59. The summed E-state index contributed by atoms with van der Waals surface area (Å²) < 4.78 is 0. The number of piperidine rings is 3. The molecule has 1 amide bonds. The fourth-order valence-electron chi connectivity index (χ4n) is 5.02. The van der Waals surface area contributed by atoms with Gasteiger partial charge in [-0.05, 0) is 96.0 Å². The van der Waals surface area contributed by atoms with Gasteiger partial charge < -0.3 is 20.0 Å². The minimum atomic E-state index is 0.0740. The minimum Gasteiger partial charge on any atom is -0.371 e. The molecular formula is C23H36N4O. The molecule has 0 spiro atoms. The molecule has 4 rings (SSSR count). The third-order valence-corrected chi connectivity index (χ3v) is 6.92. The summed E-state index contributed by atoms with van der Waals surface area (Å²) in [6, 6.07) is 9.34. The molecule has 28 heavy (non-hydrogen) atoms. The number of nitrogens with one attached hydrogen (secondary N) is 1. The molecule has 1 aromatic rings. The lowest BCUT2D eigenvalue weighted by atomic mass is 9.99. The van der Waals surface area contributed by atoms with Crippen LogP contribution in [0, 0.1) is 0 Å². The minimum absolute atomic E-state index is 0.0740. The van der Waals surface area contributed by atoms with E-state index in [0.717, 1.165) is 50.6 Å². The molecule has 5 heteroatoms. The lowest BCUT2D eigenvalue weighted by molar-refractivity contribution is 0.0917. The zero-order chi connectivity index (χ0) is 19.3. The van der Waals surface area contributed by atoms with Gasteiger partial charge in [0.2, 0.25) is 0 Å². The summed E-state index contributed by atoms with van der Waals surface area (Å²) in [5.74, 6) is 0.0740. The third kappa shape index (κ3) is 4.87. The van der Waals surface area contributed by atoms with Crippen LogP contribution in [0.5, 0.6) is 0 Å². The molecule has 0 atom stereocenters. The average Bonchev–Trinajstić information content (AvgIpc) is 2.76. The summed E-state index contributed by atoms with van der Waals surface area (Å²) in [5.41, 5.74) is 2.04. The van der Waals surface area contributed by atoms with E-state index in [-0.39, 0.29) is 5.91 Å². The first kappa shape index (κ1) is 19.7. The van der Waals surface area contributed by atoms with Crippen molar-refractivity contribution in [2.24, 2.45) is 0 Å². The Morgan fingerprint density at radius 3 is 2.14 bits per heavy atom. The molecule has 1 N–H and O–H groups in total. The zero-order valence-corrected chi connectivity index (χ0v) is 17.4. The average molecular weight is 385 g/mol. The van der Waals surface area contributed by atoms with Crippen LogP contribution in [0.3, 0.4) is 0 Å². The SMILES string of the molecule is CN1CCC(NC(=O)c2ccc(N3CCC(N4CCCCC4)CC3)cc2)CC1. The highest BCUT2D eigenvalue weighted by Gasteiger charge is 2.26. The number of rotatable bonds is 4. The molecule has 3 saturated heterocycles. The third-order valence-electron chi connectivity index (χ3n) is 6.92. The maximum Gasteiger partial charge on any atom is 0.251 e. The maximum atomic E-state index is 12.6. The Bertz CT molecular complexity index is 625. The lowest BCUT2D eigenvalue weighted by Gasteiger charge is -2.41. The largest absolute Gasteiger partial charge is 0.371 e. The van der Waals surface area contributed by atoms with Gasteiger partial charge in [-0.3, -0.25) is 4.79 Å². The molecule has 3 aliphatic rings. The molecule has 3 heterocycles. The van der Waals surface area contributed by atoms with Gasteiger partial charge in [-0.1, -0.05) is 6.42 Å². The van der Waals surface area contributed by atoms with Gasteiger partial charge in [-0.15, -0.1) is 0 Å². The second-order valence-electron chi connectivity index (χ2n) is 8.91. The van der Waals surface area contributed by atoms with E-state index in [1.54, 1.807) is 0 Å². The summed E-state index contributed by atoms with van der Waals surface area (Å²) in [6.45, 7) is 6.98. The van der Waals surface area contributed by atoms with E-state index in [1.807, 2.05) is 12.1 Å². The van der Waals surface area contributed by atoms with E-state index < -0.39 is 0 Å². The van der Waals surface area contributed by atoms with Crippen LogP contribution in [-0.2, 0) is 0 Å². The van der Waals surface area contributed by atoms with Gasteiger partial charge in [0.25, 0.3) is 5.91 Å². The van der Waals surface area contributed by atoms with E-state index in [9.17, 15) is 4.79 Å². The molecule has 1 aromatic carbocycles. The van der Waals surface area contributed by atoms with Crippen LogP contribution in [0.15, 0.2) is 24.3 Å². The van der Waals surface area contributed by atoms with E-state index >= 15 is 0 Å². The number of anilines is 1. The molecule has 0 bridgehead atoms. The van der Waals surface area contributed by atoms with Crippen molar-refractivity contribution in [2.75, 3.05) is 51.2 Å². The Kier molecular flexibility index (Phi) is 6.53. The Balaban J connectivity index is 1.27. The maximum absolute atomic E-state index is 12.6. The quantitative estimate of drug-likeness (QED) is 0.866. The van der Waals surface area contributed by atoms with Crippen molar-refractivity contribution in [1.82, 2.24) is 15.1 Å². The van der Waals surface area contributed by atoms with Crippen LogP contribution in [0.1, 0.15) is 55.3 Å². The summed E-state index contributed by atoms with van der Waals surface area (Å²) in [6.07, 6.45) is 8.78. The lowest BCUT2D eigenvalue weighted by Crippen LogP contribution is -2.46. The highest BCUT2D eigenvalue weighted by molar-refractivity contribution is 5.94. The van der Waals surface area contributed by atoms with Crippen LogP contribution < -0.4 is 10.2 Å². The zero-order valence-electron chi connectivity index (χ0n) is 17.4. The normalized spacial score (nSPS) is 23.7. The van der Waals surface area contributed by atoms with E-state index in [0.29, 0.717) is 6.04 Å². The fraction of sp³-hybridized carbons (Fsp3) is 0.696. The monoisotopic (exact) mass is 384 g/mol. The molecular weight excluding hydrogens is 348 g/mol. The summed E-state index contributed by atoms with van der Waals surface area (Å²) in [5, 5.41) is 3.21. The molecule has 3 fully saturated rings. The van der Waals surface area contributed by atoms with Crippen LogP contribution >= 0.6 is 0 Å². The molecule has 0 unspecified atom stereocenters. The van der Waals surface area contributed by atoms with Crippen molar-refractivity contribution < 1.29 is 4.79 Å². The second-order valence-corrected chi connectivity index (χ2v) is 8.91. The van der Waals surface area contributed by atoms with E-state index in [1.165, 1.54) is 50.9 Å². The first-order chi connectivity index (χ1) is 13.7. The van der Waals surface area contributed by atoms with Crippen molar-refractivity contribution in [3.63, 3.8) is 0 Å². The van der Waals surface area contributed by atoms with Crippen molar-refractivity contribution in [3.8, 4) is 0 Å². The number of nitrogens with zero attached hydrogens (tertiary/aromatic N) is 3. The van der Waals surface area contributed by atoms with Gasteiger partial charge in [0.15, 0.2) is 0 Å². The van der Waals surface area contributed by atoms with Gasteiger partial charge in [0.1, 0.15) is 0 Å². The van der Waals surface area contributed by atoms with Crippen LogP contribution in [0.4, 0.5) is 5.69 Å². The number of benzene rings is 1. The molecule has 3 aliphatic heterocycles. The number of hydrogen-bond donors (Lipinski definition) is 1. The Morgan fingerprint density at radius 2 is 1.50 bits per heavy atom. The smallest absolute Gasteiger partial charge is 0.251 e. The van der Waals surface area contributed by atoms with Crippen LogP contribution in [0.2, 0.25) is 0 Å². The van der Waals surface area contributed by atoms with Gasteiger partial charge in [-0.2, -0.15) is 0 Å². The van der Waals surface area contributed by atoms with Gasteiger partial charge in [-0.25, -0.2) is 0 Å². The predicted octanol–water partition coefficient (Wildman–Crippen LogP) is 2.97. The van der Waals surface area contributed by atoms with Crippen molar-refractivity contribution in [1.29, 1.82) is 0 Å². The molecule has 5 nitrogen and oxygen atoms in total. The molecule has 0 radical (unpaired) electrons. The van der Waals surface area contributed by atoms with Crippen LogP contribution in [0.25, 0.3) is 0 Å². The van der Waals surface area contributed by atoms with Gasteiger partial charge in [0, 0.05) is 36.4 Å². The van der Waals surface area contributed by atoms with Gasteiger partial charge in [0.05, 0.1) is 0 Å². The van der Waals surface area contributed by atoms with Gasteiger partial charge >= 0.3 is 0 Å². The summed E-state index contributed by atoms with van der Waals surface area (Å²) in [7, 11) is 2.14. The number of hydrogen-bond acceptors (Lipinski definition) is 4. The van der Waals surface area contributed by atoms with Crippen molar-refractivity contribution >= 4 is 11.6 Å². The highest BCUT2D eigenvalue weighted by atomic mass is 16.1. The molecule has 0 aliphatic carbocycles. The first-order valence-electron chi connectivity index (χ1n) is 11.3. The molecule has 0 saturated carbocycles. The fourth-order valence-corrected chi connectivity index (χ4v) is 5.02. The predicted molar refractivity (Wildman–Crippen MR) is 115 cm³/mol. The van der Waals surface area contributed by atoms with Crippen molar-refractivity contribution in [3.05, 3.63) is 29.8 Å². The second kappa shape index (κ2) is 9.27. The first-order valence-corrected chi connectivity index (χ1v) is 11.3. The number of likely N-dealkylation sites (tertiary alicyclic amines) is 2. The number of amides is 1. The van der Waals surface area contributed by atoms with Crippen LogP contribution in [-0.4, -0.2) is 74.1 Å². The highest BCUT2D eigenvalue weighted by Crippen LogP contribution is 2.25. The molecule has 154 valence electrons. The number of carbonyl (C=O) groups is 1. The molecule has 0 aromatic heterocycles. The standard InChI is InChI=1S/C23H36N4O/c1-25-15-9-20(10-16-25)24-23(28)19-5-7-21(8-6-19)27-17-11-22(12-18-27)26-13-3-2-4-14-26/h5-8,20,22H,2-4,9-18H2,1H3,(H,24,28). The van der Waals surface area contributed by atoms with E-state index in [2.05, 4.69) is 39.2 Å². The topological polar surface area (TPSA) is 38.8 Å². The Labute approximate surface area is 170 Å².